The van der Waals surface area contributed by atoms with Crippen molar-refractivity contribution in [1.29, 1.82) is 0 Å². The maximum atomic E-state index is 9.48. The summed E-state index contributed by atoms with van der Waals surface area (Å²) in [6, 6.07) is 6.35. The molecule has 1 saturated heterocycles. The van der Waals surface area contributed by atoms with Crippen LogP contribution in [0.15, 0.2) is 18.2 Å². The fourth-order valence-electron chi connectivity index (χ4n) is 3.59. The Balaban J connectivity index is 2.07. The molecule has 0 radical (unpaired) electrons. The van der Waals surface area contributed by atoms with Crippen LogP contribution in [0.2, 0.25) is 0 Å². The second-order valence-corrected chi connectivity index (χ2v) is 8.11. The average Bonchev–Trinajstić information content (AvgIpc) is 2.56. The number of hydrogen-bond acceptors (Lipinski definition) is 5. The van der Waals surface area contributed by atoms with Crippen molar-refractivity contribution >= 4 is 0 Å². The fourth-order valence-corrected chi connectivity index (χ4v) is 3.59. The number of aliphatic hydroxyl groups excluding tert-OH is 1. The SMILES string of the molecule is COc1ccc(OC)c(CN2CCN(CC(C)(C)C)[C@H](CCO)C2)c1. The zero-order chi connectivity index (χ0) is 18.4. The highest BCUT2D eigenvalue weighted by molar-refractivity contribution is 5.40. The number of ether oxygens (including phenoxy) is 2. The summed E-state index contributed by atoms with van der Waals surface area (Å²) in [5, 5.41) is 9.48. The van der Waals surface area contributed by atoms with E-state index in [0.717, 1.165) is 56.2 Å². The van der Waals surface area contributed by atoms with Crippen LogP contribution >= 0.6 is 0 Å². The van der Waals surface area contributed by atoms with Gasteiger partial charge in [-0.25, -0.2) is 0 Å². The second-order valence-electron chi connectivity index (χ2n) is 8.11. The quantitative estimate of drug-likeness (QED) is 0.819. The van der Waals surface area contributed by atoms with Crippen LogP contribution in [0.5, 0.6) is 11.5 Å². The summed E-state index contributed by atoms with van der Waals surface area (Å²) in [5.41, 5.74) is 1.42. The third-order valence-electron chi connectivity index (χ3n) is 4.71. The van der Waals surface area contributed by atoms with Crippen LogP contribution < -0.4 is 9.47 Å². The first-order chi connectivity index (χ1) is 11.9. The minimum absolute atomic E-state index is 0.238. The number of aliphatic hydroxyl groups is 1. The highest BCUT2D eigenvalue weighted by Gasteiger charge is 2.29. The molecule has 0 unspecified atom stereocenters. The molecule has 1 aromatic rings. The zero-order valence-electron chi connectivity index (χ0n) is 16.4. The van der Waals surface area contributed by atoms with E-state index in [1.54, 1.807) is 14.2 Å². The number of nitrogens with zero attached hydrogens (tertiary/aromatic N) is 2. The van der Waals surface area contributed by atoms with E-state index in [0.29, 0.717) is 6.04 Å². The normalized spacial score (nSPS) is 19.8. The number of methoxy groups -OCH3 is 2. The summed E-state index contributed by atoms with van der Waals surface area (Å²) in [6.45, 7) is 12.0. The summed E-state index contributed by atoms with van der Waals surface area (Å²) < 4.78 is 10.9. The van der Waals surface area contributed by atoms with Gasteiger partial charge in [0.15, 0.2) is 0 Å². The number of benzene rings is 1. The molecule has 0 aromatic heterocycles. The van der Waals surface area contributed by atoms with Crippen LogP contribution in [0, 0.1) is 5.41 Å². The summed E-state index contributed by atoms with van der Waals surface area (Å²) in [4.78, 5) is 4.99. The minimum atomic E-state index is 0.238. The van der Waals surface area contributed by atoms with Gasteiger partial charge in [0.2, 0.25) is 0 Å². The van der Waals surface area contributed by atoms with Crippen molar-refractivity contribution in [3.63, 3.8) is 0 Å². The van der Waals surface area contributed by atoms with Crippen LogP contribution in [0.25, 0.3) is 0 Å². The topological polar surface area (TPSA) is 45.2 Å². The molecule has 5 heteroatoms. The molecule has 0 spiro atoms. The van der Waals surface area contributed by atoms with Crippen LogP contribution in [-0.4, -0.2) is 68.0 Å². The molecule has 0 aliphatic carbocycles. The van der Waals surface area contributed by atoms with Gasteiger partial charge in [0, 0.05) is 50.9 Å². The zero-order valence-corrected chi connectivity index (χ0v) is 16.4. The van der Waals surface area contributed by atoms with Gasteiger partial charge in [0.05, 0.1) is 14.2 Å². The Kier molecular flexibility index (Phi) is 7.11. The van der Waals surface area contributed by atoms with E-state index in [-0.39, 0.29) is 12.0 Å². The van der Waals surface area contributed by atoms with Gasteiger partial charge in [-0.05, 0) is 30.0 Å². The lowest BCUT2D eigenvalue weighted by molar-refractivity contribution is 0.0337. The Bertz CT molecular complexity index is 542. The molecule has 1 atom stereocenters. The van der Waals surface area contributed by atoms with E-state index in [1.165, 1.54) is 0 Å². The maximum absolute atomic E-state index is 9.48. The number of hydrogen-bond donors (Lipinski definition) is 1. The molecule has 5 nitrogen and oxygen atoms in total. The van der Waals surface area contributed by atoms with Crippen molar-refractivity contribution in [1.82, 2.24) is 9.80 Å². The lowest BCUT2D eigenvalue weighted by Crippen LogP contribution is -2.54. The summed E-state index contributed by atoms with van der Waals surface area (Å²) >= 11 is 0. The highest BCUT2D eigenvalue weighted by Crippen LogP contribution is 2.27. The Morgan fingerprint density at radius 2 is 1.92 bits per heavy atom. The van der Waals surface area contributed by atoms with Crippen molar-refractivity contribution in [2.24, 2.45) is 5.41 Å². The Labute approximate surface area is 152 Å². The standard InChI is InChI=1S/C20H34N2O3/c1-20(2,3)15-22-10-9-21(14-17(22)8-11-23)13-16-12-18(24-4)6-7-19(16)25-5/h6-7,12,17,23H,8-11,13-15H2,1-5H3/t17-/m1/s1. The average molecular weight is 351 g/mol. The van der Waals surface area contributed by atoms with E-state index >= 15 is 0 Å². The maximum Gasteiger partial charge on any atom is 0.123 e. The Hall–Kier alpha value is -1.30. The molecule has 1 fully saturated rings. The molecule has 0 bridgehead atoms. The molecular formula is C20H34N2O3. The van der Waals surface area contributed by atoms with Crippen LogP contribution in [0.1, 0.15) is 32.8 Å². The van der Waals surface area contributed by atoms with Crippen molar-refractivity contribution in [3.8, 4) is 11.5 Å². The summed E-state index contributed by atoms with van der Waals surface area (Å²) in [7, 11) is 3.40. The lowest BCUT2D eigenvalue weighted by Gasteiger charge is -2.44. The van der Waals surface area contributed by atoms with Crippen molar-refractivity contribution in [2.75, 3.05) is 47.0 Å². The molecule has 0 saturated carbocycles. The number of piperazine rings is 1. The number of rotatable bonds is 7. The van der Waals surface area contributed by atoms with E-state index in [4.69, 9.17) is 9.47 Å². The minimum Gasteiger partial charge on any atom is -0.497 e. The van der Waals surface area contributed by atoms with E-state index in [1.807, 2.05) is 12.1 Å². The van der Waals surface area contributed by atoms with Gasteiger partial charge in [-0.2, -0.15) is 0 Å². The third-order valence-corrected chi connectivity index (χ3v) is 4.71. The molecule has 1 aromatic carbocycles. The van der Waals surface area contributed by atoms with Gasteiger partial charge >= 0.3 is 0 Å². The van der Waals surface area contributed by atoms with Gasteiger partial charge < -0.3 is 14.6 Å². The van der Waals surface area contributed by atoms with Gasteiger partial charge in [-0.3, -0.25) is 9.80 Å². The first-order valence-electron chi connectivity index (χ1n) is 9.14. The summed E-state index contributed by atoms with van der Waals surface area (Å²) in [5.74, 6) is 1.76. The van der Waals surface area contributed by atoms with Crippen molar-refractivity contribution < 1.29 is 14.6 Å². The monoisotopic (exact) mass is 350 g/mol. The largest absolute Gasteiger partial charge is 0.497 e. The van der Waals surface area contributed by atoms with E-state index in [9.17, 15) is 5.11 Å². The van der Waals surface area contributed by atoms with Crippen molar-refractivity contribution in [2.45, 2.75) is 39.8 Å². The first-order valence-corrected chi connectivity index (χ1v) is 9.14. The Morgan fingerprint density at radius 1 is 1.16 bits per heavy atom. The fraction of sp³-hybridized carbons (Fsp3) is 0.700. The first kappa shape index (κ1) is 20.0. The van der Waals surface area contributed by atoms with Crippen LogP contribution in [0.4, 0.5) is 0 Å². The Morgan fingerprint density at radius 3 is 2.52 bits per heavy atom. The molecule has 2 rings (SSSR count). The molecule has 25 heavy (non-hydrogen) atoms. The highest BCUT2D eigenvalue weighted by atomic mass is 16.5. The van der Waals surface area contributed by atoms with Crippen LogP contribution in [0.3, 0.4) is 0 Å². The van der Waals surface area contributed by atoms with Crippen LogP contribution in [-0.2, 0) is 6.54 Å². The lowest BCUT2D eigenvalue weighted by atomic mass is 9.94. The van der Waals surface area contributed by atoms with E-state index < -0.39 is 0 Å². The molecule has 142 valence electrons. The molecular weight excluding hydrogens is 316 g/mol. The van der Waals surface area contributed by atoms with Gasteiger partial charge in [0.25, 0.3) is 0 Å². The molecule has 1 N–H and O–H groups in total. The van der Waals surface area contributed by atoms with Gasteiger partial charge in [-0.1, -0.05) is 20.8 Å². The third kappa shape index (κ3) is 5.87. The van der Waals surface area contributed by atoms with Crippen molar-refractivity contribution in [3.05, 3.63) is 23.8 Å². The van der Waals surface area contributed by atoms with Gasteiger partial charge in [-0.15, -0.1) is 0 Å². The molecule has 1 aliphatic heterocycles. The second kappa shape index (κ2) is 8.88. The molecule has 0 amide bonds. The summed E-state index contributed by atoms with van der Waals surface area (Å²) in [6.07, 6.45) is 0.821. The predicted octanol–water partition coefficient (Wildman–Crippen LogP) is 2.62. The smallest absolute Gasteiger partial charge is 0.123 e. The molecule has 1 aliphatic rings. The molecule has 1 heterocycles. The van der Waals surface area contributed by atoms with Gasteiger partial charge in [0.1, 0.15) is 11.5 Å². The van der Waals surface area contributed by atoms with E-state index in [2.05, 4.69) is 36.6 Å². The predicted molar refractivity (Wildman–Crippen MR) is 101 cm³/mol.